The quantitative estimate of drug-likeness (QED) is 0.463. The van der Waals surface area contributed by atoms with E-state index >= 15 is 0 Å². The van der Waals surface area contributed by atoms with Gasteiger partial charge in [0, 0.05) is 17.4 Å². The Labute approximate surface area is 207 Å². The maximum absolute atomic E-state index is 13.8. The number of carbonyl (C=O) groups is 2. The van der Waals surface area contributed by atoms with E-state index in [1.165, 1.54) is 18.1 Å². The summed E-state index contributed by atoms with van der Waals surface area (Å²) in [6.07, 6.45) is 6.35. The Kier molecular flexibility index (Phi) is 7.22. The van der Waals surface area contributed by atoms with E-state index in [9.17, 15) is 14.4 Å². The van der Waals surface area contributed by atoms with Crippen molar-refractivity contribution in [3.8, 4) is 0 Å². The highest BCUT2D eigenvalue weighted by atomic mass is 79.9. The lowest BCUT2D eigenvalue weighted by Gasteiger charge is -2.33. The lowest BCUT2D eigenvalue weighted by Crippen LogP contribution is -2.48. The third-order valence-electron chi connectivity index (χ3n) is 6.41. The number of nitrogens with zero attached hydrogens (tertiary/aromatic N) is 1. The van der Waals surface area contributed by atoms with Gasteiger partial charge >= 0.3 is 0 Å². The van der Waals surface area contributed by atoms with Crippen molar-refractivity contribution in [1.82, 2.24) is 5.32 Å². The lowest BCUT2D eigenvalue weighted by atomic mass is 9.94. The first-order chi connectivity index (χ1) is 16.3. The number of halogens is 1. The molecule has 1 aliphatic rings. The molecule has 178 valence electrons. The molecular weight excluding hydrogens is 496 g/mol. The highest BCUT2D eigenvalue weighted by molar-refractivity contribution is 9.10. The van der Waals surface area contributed by atoms with E-state index in [0.717, 1.165) is 43.2 Å². The number of hydrogen-bond donors (Lipinski definition) is 1. The first-order valence-corrected chi connectivity index (χ1v) is 12.4. The predicted molar refractivity (Wildman–Crippen MR) is 137 cm³/mol. The molecule has 1 saturated carbocycles. The number of hydrogen-bond acceptors (Lipinski definition) is 4. The van der Waals surface area contributed by atoms with Gasteiger partial charge in [0.25, 0.3) is 0 Å². The third-order valence-corrected chi connectivity index (χ3v) is 7.04. The molecule has 2 amide bonds. The molecule has 3 aromatic rings. The van der Waals surface area contributed by atoms with Gasteiger partial charge < -0.3 is 9.73 Å². The predicted octanol–water partition coefficient (Wildman–Crippen LogP) is 5.72. The Hall–Kier alpha value is -2.93. The Bertz CT molecular complexity index is 1290. The third kappa shape index (κ3) is 4.94. The fourth-order valence-electron chi connectivity index (χ4n) is 4.67. The smallest absolute Gasteiger partial charge is 0.248 e. The summed E-state index contributed by atoms with van der Waals surface area (Å²) in [6.45, 7) is 5.24. The minimum atomic E-state index is -1.17. The van der Waals surface area contributed by atoms with Crippen molar-refractivity contribution in [3.63, 3.8) is 0 Å². The minimum Gasteiger partial charge on any atom is -0.464 e. The van der Waals surface area contributed by atoms with Crippen LogP contribution in [0.25, 0.3) is 11.0 Å². The van der Waals surface area contributed by atoms with Gasteiger partial charge in [-0.25, -0.2) is 0 Å². The molecular formula is C27H29BrN2O4. The van der Waals surface area contributed by atoms with Crippen LogP contribution in [0, 0.1) is 13.8 Å². The first kappa shape index (κ1) is 24.2. The number of amides is 2. The summed E-state index contributed by atoms with van der Waals surface area (Å²) in [6, 6.07) is 9.75. The maximum Gasteiger partial charge on any atom is 0.248 e. The lowest BCUT2D eigenvalue weighted by molar-refractivity contribution is -0.126. The summed E-state index contributed by atoms with van der Waals surface area (Å²) in [5, 5.41) is 3.50. The van der Waals surface area contributed by atoms with Crippen LogP contribution in [0.2, 0.25) is 0 Å². The molecule has 34 heavy (non-hydrogen) atoms. The van der Waals surface area contributed by atoms with Gasteiger partial charge in [0.15, 0.2) is 5.43 Å². The summed E-state index contributed by atoms with van der Waals surface area (Å²) in [5.74, 6) is -0.731. The summed E-state index contributed by atoms with van der Waals surface area (Å²) in [4.78, 5) is 41.8. The Balaban J connectivity index is 1.88. The Morgan fingerprint density at radius 1 is 1.06 bits per heavy atom. The Morgan fingerprint density at radius 2 is 1.74 bits per heavy atom. The van der Waals surface area contributed by atoms with Crippen LogP contribution < -0.4 is 15.6 Å². The maximum atomic E-state index is 13.8. The second-order valence-electron chi connectivity index (χ2n) is 9.11. The highest BCUT2D eigenvalue weighted by Crippen LogP contribution is 2.34. The topological polar surface area (TPSA) is 79.6 Å². The van der Waals surface area contributed by atoms with Crippen molar-refractivity contribution in [2.75, 3.05) is 4.90 Å². The highest BCUT2D eigenvalue weighted by Gasteiger charge is 2.36. The Morgan fingerprint density at radius 3 is 2.41 bits per heavy atom. The van der Waals surface area contributed by atoms with E-state index in [1.54, 1.807) is 18.2 Å². The van der Waals surface area contributed by atoms with Crippen molar-refractivity contribution in [3.05, 3.63) is 74.0 Å². The van der Waals surface area contributed by atoms with Crippen molar-refractivity contribution < 1.29 is 14.0 Å². The zero-order valence-electron chi connectivity index (χ0n) is 19.7. The number of nitrogens with one attached hydrogen (secondary N) is 1. The largest absolute Gasteiger partial charge is 0.464 e. The molecule has 4 rings (SSSR count). The molecule has 1 aliphatic carbocycles. The van der Waals surface area contributed by atoms with Gasteiger partial charge in [-0.3, -0.25) is 19.3 Å². The van der Waals surface area contributed by atoms with Crippen LogP contribution in [0.1, 0.15) is 61.8 Å². The molecule has 2 aromatic carbocycles. The molecule has 0 bridgehead atoms. The molecule has 6 nitrogen and oxygen atoms in total. The van der Waals surface area contributed by atoms with Crippen molar-refractivity contribution in [2.24, 2.45) is 0 Å². The van der Waals surface area contributed by atoms with Crippen LogP contribution in [0.4, 0.5) is 5.69 Å². The molecule has 1 atom stereocenters. The van der Waals surface area contributed by atoms with Crippen LogP contribution in [0.15, 0.2) is 56.3 Å². The van der Waals surface area contributed by atoms with E-state index in [-0.39, 0.29) is 28.8 Å². The van der Waals surface area contributed by atoms with Gasteiger partial charge in [-0.05, 0) is 72.4 Å². The van der Waals surface area contributed by atoms with Crippen LogP contribution in [-0.4, -0.2) is 17.9 Å². The summed E-state index contributed by atoms with van der Waals surface area (Å²) < 4.78 is 6.45. The van der Waals surface area contributed by atoms with Gasteiger partial charge in [-0.15, -0.1) is 0 Å². The van der Waals surface area contributed by atoms with Crippen LogP contribution in [-0.2, 0) is 9.59 Å². The molecule has 1 unspecified atom stereocenters. The molecule has 1 heterocycles. The molecule has 1 fully saturated rings. The average Bonchev–Trinajstić information content (AvgIpc) is 2.80. The van der Waals surface area contributed by atoms with E-state index in [0.29, 0.717) is 21.1 Å². The average molecular weight is 525 g/mol. The summed E-state index contributed by atoms with van der Waals surface area (Å²) in [5.41, 5.74) is 2.69. The monoisotopic (exact) mass is 524 g/mol. The van der Waals surface area contributed by atoms with Gasteiger partial charge in [-0.2, -0.15) is 0 Å². The molecule has 0 saturated heterocycles. The number of fused-ring (bicyclic) bond motifs is 1. The van der Waals surface area contributed by atoms with Crippen LogP contribution in [0.3, 0.4) is 0 Å². The number of rotatable bonds is 5. The van der Waals surface area contributed by atoms with Gasteiger partial charge in [-0.1, -0.05) is 37.0 Å². The molecule has 1 N–H and O–H groups in total. The normalized spacial score (nSPS) is 15.2. The molecule has 7 heteroatoms. The summed E-state index contributed by atoms with van der Waals surface area (Å²) in [7, 11) is 0. The van der Waals surface area contributed by atoms with E-state index in [4.69, 9.17) is 4.42 Å². The summed E-state index contributed by atoms with van der Waals surface area (Å²) >= 11 is 3.55. The zero-order chi connectivity index (χ0) is 24.4. The number of anilines is 1. The molecule has 0 radical (unpaired) electrons. The van der Waals surface area contributed by atoms with Gasteiger partial charge in [0.1, 0.15) is 17.9 Å². The number of carbonyl (C=O) groups excluding carboxylic acids is 2. The van der Waals surface area contributed by atoms with E-state index in [1.807, 2.05) is 32.0 Å². The van der Waals surface area contributed by atoms with Gasteiger partial charge in [0.05, 0.1) is 16.6 Å². The van der Waals surface area contributed by atoms with Crippen molar-refractivity contribution >= 4 is 44.4 Å². The second-order valence-corrected chi connectivity index (χ2v) is 9.96. The van der Waals surface area contributed by atoms with Crippen molar-refractivity contribution in [1.29, 1.82) is 0 Å². The minimum absolute atomic E-state index is 0.0220. The van der Waals surface area contributed by atoms with Gasteiger partial charge in [0.2, 0.25) is 11.8 Å². The molecule has 0 aliphatic heterocycles. The fraction of sp³-hybridized carbons (Fsp3) is 0.370. The number of aryl methyl sites for hydroxylation is 2. The molecule has 1 aromatic heterocycles. The molecule has 0 spiro atoms. The SMILES string of the molecule is CC(=O)N(c1ccc(C)cc1Br)C(C(=O)NC1CCCCC1)c1coc2ccc(C)cc2c1=O. The fourth-order valence-corrected chi connectivity index (χ4v) is 5.36. The zero-order valence-corrected chi connectivity index (χ0v) is 21.3. The van der Waals surface area contributed by atoms with E-state index in [2.05, 4.69) is 21.2 Å². The van der Waals surface area contributed by atoms with E-state index < -0.39 is 6.04 Å². The number of benzene rings is 2. The second kappa shape index (κ2) is 10.1. The van der Waals surface area contributed by atoms with Crippen LogP contribution in [0.5, 0.6) is 0 Å². The van der Waals surface area contributed by atoms with Crippen LogP contribution >= 0.6 is 15.9 Å². The standard InChI is InChI=1S/C27H29BrN2O4/c1-16-10-12-24-20(13-16)26(32)21(15-34-24)25(27(33)29-19-7-5-4-6-8-19)30(18(3)31)23-11-9-17(2)14-22(23)28/h9-15,19,25H,4-8H2,1-3H3,(H,29,33). The van der Waals surface area contributed by atoms with Crippen molar-refractivity contribution in [2.45, 2.75) is 65.0 Å². The first-order valence-electron chi connectivity index (χ1n) is 11.6.